The molecule has 100 valence electrons. The minimum atomic E-state index is -0.340. The molecule has 1 amide bonds. The highest BCUT2D eigenvalue weighted by Gasteiger charge is 2.10. The lowest BCUT2D eigenvalue weighted by Gasteiger charge is -2.09. The van der Waals surface area contributed by atoms with E-state index in [2.05, 4.69) is 5.32 Å². The summed E-state index contributed by atoms with van der Waals surface area (Å²) in [4.78, 5) is 11.8. The van der Waals surface area contributed by atoms with Gasteiger partial charge in [-0.2, -0.15) is 0 Å². The van der Waals surface area contributed by atoms with Crippen molar-refractivity contribution >= 4 is 28.5 Å². The van der Waals surface area contributed by atoms with Gasteiger partial charge in [0.1, 0.15) is 5.82 Å². The first kappa shape index (κ1) is 15.4. The second-order valence-electron chi connectivity index (χ2n) is 4.31. The summed E-state index contributed by atoms with van der Waals surface area (Å²) < 4.78 is 13.5. The molecule has 0 heterocycles. The molecule has 1 rings (SSSR count). The predicted molar refractivity (Wildman–Crippen MR) is 76.9 cm³/mol. The second kappa shape index (κ2) is 7.68. The van der Waals surface area contributed by atoms with Gasteiger partial charge in [0.15, 0.2) is 0 Å². The van der Waals surface area contributed by atoms with Crippen molar-refractivity contribution in [2.45, 2.75) is 19.8 Å². The molecule has 1 unspecified atom stereocenters. The summed E-state index contributed by atoms with van der Waals surface area (Å²) in [5.74, 6) is -0.267. The number of aliphatic hydroxyl groups excluding tert-OH is 1. The fourth-order valence-corrected chi connectivity index (χ4v) is 2.23. The lowest BCUT2D eigenvalue weighted by Crippen LogP contribution is -2.25. The maximum absolute atomic E-state index is 12.9. The first-order chi connectivity index (χ1) is 8.54. The molecule has 1 atom stereocenters. The third-order valence-electron chi connectivity index (χ3n) is 2.65. The summed E-state index contributed by atoms with van der Waals surface area (Å²) in [6.07, 6.45) is 1.70. The molecular formula is C13H17FINO2. The number of hydrogen-bond donors (Lipinski definition) is 2. The monoisotopic (exact) mass is 365 g/mol. The van der Waals surface area contributed by atoms with E-state index in [1.807, 2.05) is 29.5 Å². The summed E-state index contributed by atoms with van der Waals surface area (Å²) >= 11 is 1.95. The van der Waals surface area contributed by atoms with Crippen LogP contribution in [0.1, 0.15) is 30.1 Å². The Bertz CT molecular complexity index is 412. The first-order valence-corrected chi connectivity index (χ1v) is 6.96. The van der Waals surface area contributed by atoms with Crippen LogP contribution in [0, 0.1) is 15.3 Å². The lowest BCUT2D eigenvalue weighted by molar-refractivity contribution is 0.0951. The van der Waals surface area contributed by atoms with E-state index in [1.165, 1.54) is 18.2 Å². The van der Waals surface area contributed by atoms with E-state index in [-0.39, 0.29) is 24.2 Å². The Morgan fingerprint density at radius 1 is 1.56 bits per heavy atom. The van der Waals surface area contributed by atoms with E-state index < -0.39 is 0 Å². The van der Waals surface area contributed by atoms with Crippen molar-refractivity contribution in [3.8, 4) is 0 Å². The molecular weight excluding hydrogens is 348 g/mol. The van der Waals surface area contributed by atoms with E-state index in [1.54, 1.807) is 0 Å². The maximum atomic E-state index is 12.9. The number of nitrogens with one attached hydrogen (secondary N) is 1. The van der Waals surface area contributed by atoms with Crippen molar-refractivity contribution in [1.82, 2.24) is 5.32 Å². The molecule has 0 saturated carbocycles. The molecule has 0 aromatic heterocycles. The van der Waals surface area contributed by atoms with E-state index in [0.717, 1.165) is 12.8 Å². The molecule has 0 aliphatic rings. The maximum Gasteiger partial charge on any atom is 0.252 e. The smallest absolute Gasteiger partial charge is 0.252 e. The van der Waals surface area contributed by atoms with Crippen molar-refractivity contribution in [2.75, 3.05) is 13.2 Å². The highest BCUT2D eigenvalue weighted by atomic mass is 127. The number of hydrogen-bond acceptors (Lipinski definition) is 2. The summed E-state index contributed by atoms with van der Waals surface area (Å²) in [6.45, 7) is 2.70. The Hall–Kier alpha value is -0.690. The average molecular weight is 365 g/mol. The zero-order valence-electron chi connectivity index (χ0n) is 10.2. The SMILES string of the molecule is CC(CO)CCCNC(=O)c1ccc(F)cc1I. The molecule has 1 aromatic carbocycles. The fourth-order valence-electron chi connectivity index (χ4n) is 1.51. The van der Waals surface area contributed by atoms with Crippen molar-refractivity contribution < 1.29 is 14.3 Å². The molecule has 0 spiro atoms. The number of benzene rings is 1. The Labute approximate surface area is 120 Å². The van der Waals surface area contributed by atoms with Crippen LogP contribution in [0.2, 0.25) is 0 Å². The zero-order valence-corrected chi connectivity index (χ0v) is 12.4. The molecule has 18 heavy (non-hydrogen) atoms. The van der Waals surface area contributed by atoms with Gasteiger partial charge in [0.2, 0.25) is 0 Å². The van der Waals surface area contributed by atoms with Gasteiger partial charge >= 0.3 is 0 Å². The molecule has 0 fully saturated rings. The summed E-state index contributed by atoms with van der Waals surface area (Å²) in [5, 5.41) is 11.7. The van der Waals surface area contributed by atoms with Crippen LogP contribution >= 0.6 is 22.6 Å². The molecule has 2 N–H and O–H groups in total. The Balaban J connectivity index is 2.41. The van der Waals surface area contributed by atoms with E-state index in [4.69, 9.17) is 5.11 Å². The van der Waals surface area contributed by atoms with Gasteiger partial charge in [-0.3, -0.25) is 4.79 Å². The minimum absolute atomic E-state index is 0.170. The summed E-state index contributed by atoms with van der Waals surface area (Å²) in [6, 6.07) is 4.11. The number of halogens is 2. The predicted octanol–water partition coefficient (Wildman–Crippen LogP) is 2.57. The topological polar surface area (TPSA) is 49.3 Å². The molecule has 1 aromatic rings. The van der Waals surface area contributed by atoms with Crippen molar-refractivity contribution in [1.29, 1.82) is 0 Å². The third kappa shape index (κ3) is 4.89. The van der Waals surface area contributed by atoms with Gasteiger partial charge in [0.25, 0.3) is 5.91 Å². The van der Waals surface area contributed by atoms with Gasteiger partial charge < -0.3 is 10.4 Å². The van der Waals surface area contributed by atoms with Crippen LogP contribution in [0.4, 0.5) is 4.39 Å². The highest BCUT2D eigenvalue weighted by molar-refractivity contribution is 14.1. The van der Waals surface area contributed by atoms with Gasteiger partial charge in [-0.25, -0.2) is 4.39 Å². The molecule has 0 bridgehead atoms. The van der Waals surface area contributed by atoms with Gasteiger partial charge in [-0.05, 0) is 59.5 Å². The van der Waals surface area contributed by atoms with E-state index >= 15 is 0 Å². The summed E-state index contributed by atoms with van der Waals surface area (Å²) in [7, 11) is 0. The van der Waals surface area contributed by atoms with Crippen LogP contribution in [0.25, 0.3) is 0 Å². The molecule has 0 aliphatic heterocycles. The Morgan fingerprint density at radius 2 is 2.28 bits per heavy atom. The van der Waals surface area contributed by atoms with Crippen LogP contribution in [-0.2, 0) is 0 Å². The van der Waals surface area contributed by atoms with Crippen LogP contribution in [0.5, 0.6) is 0 Å². The second-order valence-corrected chi connectivity index (χ2v) is 5.47. The quantitative estimate of drug-likeness (QED) is 0.602. The molecule has 0 saturated heterocycles. The Morgan fingerprint density at radius 3 is 2.89 bits per heavy atom. The van der Waals surface area contributed by atoms with E-state index in [0.29, 0.717) is 15.7 Å². The minimum Gasteiger partial charge on any atom is -0.396 e. The van der Waals surface area contributed by atoms with Crippen molar-refractivity contribution in [3.05, 3.63) is 33.1 Å². The van der Waals surface area contributed by atoms with Crippen LogP contribution in [-0.4, -0.2) is 24.2 Å². The largest absolute Gasteiger partial charge is 0.396 e. The van der Waals surface area contributed by atoms with Gasteiger partial charge in [-0.15, -0.1) is 0 Å². The zero-order chi connectivity index (χ0) is 13.5. The van der Waals surface area contributed by atoms with Crippen LogP contribution in [0.15, 0.2) is 18.2 Å². The molecule has 3 nitrogen and oxygen atoms in total. The molecule has 0 radical (unpaired) electrons. The molecule has 0 aliphatic carbocycles. The first-order valence-electron chi connectivity index (χ1n) is 5.88. The van der Waals surface area contributed by atoms with Crippen LogP contribution < -0.4 is 5.32 Å². The van der Waals surface area contributed by atoms with Crippen molar-refractivity contribution in [3.63, 3.8) is 0 Å². The average Bonchev–Trinajstić information content (AvgIpc) is 2.34. The van der Waals surface area contributed by atoms with Crippen LogP contribution in [0.3, 0.4) is 0 Å². The van der Waals surface area contributed by atoms with Crippen molar-refractivity contribution in [2.24, 2.45) is 5.92 Å². The van der Waals surface area contributed by atoms with Gasteiger partial charge in [0, 0.05) is 16.7 Å². The standard InChI is InChI=1S/C13H17FINO2/c1-9(8-17)3-2-6-16-13(18)11-5-4-10(14)7-12(11)15/h4-5,7,9,17H,2-3,6,8H2,1H3,(H,16,18). The lowest BCUT2D eigenvalue weighted by atomic mass is 10.1. The van der Waals surface area contributed by atoms with Gasteiger partial charge in [-0.1, -0.05) is 6.92 Å². The number of carbonyl (C=O) groups is 1. The number of rotatable bonds is 6. The normalized spacial score (nSPS) is 12.2. The number of aliphatic hydroxyl groups is 1. The number of carbonyl (C=O) groups excluding carboxylic acids is 1. The fraction of sp³-hybridized carbons (Fsp3) is 0.462. The molecule has 5 heteroatoms. The highest BCUT2D eigenvalue weighted by Crippen LogP contribution is 2.13. The van der Waals surface area contributed by atoms with E-state index in [9.17, 15) is 9.18 Å². The number of amides is 1. The summed E-state index contributed by atoms with van der Waals surface area (Å²) in [5.41, 5.74) is 0.493. The van der Waals surface area contributed by atoms with Gasteiger partial charge in [0.05, 0.1) is 5.56 Å². The Kier molecular flexibility index (Phi) is 6.56. The third-order valence-corrected chi connectivity index (χ3v) is 3.54.